The number of anilines is 1. The Morgan fingerprint density at radius 1 is 1.11 bits per heavy atom. The molecule has 0 unspecified atom stereocenters. The van der Waals surface area contributed by atoms with Gasteiger partial charge in [0.1, 0.15) is 0 Å². The third kappa shape index (κ3) is 4.46. The Labute approximate surface area is 156 Å². The molecule has 3 aromatic rings. The third-order valence-corrected chi connectivity index (χ3v) is 4.73. The van der Waals surface area contributed by atoms with Gasteiger partial charge in [-0.15, -0.1) is 24.5 Å². The van der Waals surface area contributed by atoms with Crippen molar-refractivity contribution in [2.75, 3.05) is 5.32 Å². The van der Waals surface area contributed by atoms with Gasteiger partial charge in [-0.3, -0.25) is 4.79 Å². The molecule has 1 amide bonds. The second kappa shape index (κ2) is 7.40. The molecular formula is C19H13F4NO2S. The van der Waals surface area contributed by atoms with E-state index in [1.807, 2.05) is 13.0 Å². The molecule has 0 aliphatic carbocycles. The summed E-state index contributed by atoms with van der Waals surface area (Å²) in [7, 11) is 0. The van der Waals surface area contributed by atoms with Gasteiger partial charge in [0.25, 0.3) is 5.91 Å². The molecule has 3 rings (SSSR count). The maximum Gasteiger partial charge on any atom is 0.573 e. The fourth-order valence-corrected chi connectivity index (χ4v) is 3.32. The van der Waals surface area contributed by atoms with Gasteiger partial charge < -0.3 is 10.1 Å². The van der Waals surface area contributed by atoms with E-state index in [-0.39, 0.29) is 5.91 Å². The first kappa shape index (κ1) is 18.9. The number of hydrogen-bond donors (Lipinski definition) is 1. The van der Waals surface area contributed by atoms with Gasteiger partial charge in [0.2, 0.25) is 0 Å². The number of hydrogen-bond acceptors (Lipinski definition) is 3. The minimum Gasteiger partial charge on any atom is -0.403 e. The van der Waals surface area contributed by atoms with Gasteiger partial charge in [-0.05, 0) is 47.7 Å². The fraction of sp³-hybridized carbons (Fsp3) is 0.105. The molecule has 2 aromatic carbocycles. The Bertz CT molecular complexity index is 982. The Morgan fingerprint density at radius 3 is 2.48 bits per heavy atom. The number of carbonyl (C=O) groups excluding carboxylic acids is 1. The summed E-state index contributed by atoms with van der Waals surface area (Å²) < 4.78 is 54.5. The zero-order chi connectivity index (χ0) is 19.6. The number of carbonyl (C=O) groups is 1. The second-order valence-electron chi connectivity index (χ2n) is 5.63. The molecule has 1 N–H and O–H groups in total. The molecule has 8 heteroatoms. The Balaban J connectivity index is 1.91. The number of ether oxygens (including phenoxy) is 1. The molecule has 27 heavy (non-hydrogen) atoms. The molecule has 0 bridgehead atoms. The zero-order valence-corrected chi connectivity index (χ0v) is 14.7. The molecule has 0 saturated heterocycles. The van der Waals surface area contributed by atoms with Crippen LogP contribution in [0.2, 0.25) is 0 Å². The van der Waals surface area contributed by atoms with Crippen molar-refractivity contribution in [3.63, 3.8) is 0 Å². The van der Waals surface area contributed by atoms with Crippen molar-refractivity contribution in [1.29, 1.82) is 0 Å². The summed E-state index contributed by atoms with van der Waals surface area (Å²) >= 11 is 1.29. The van der Waals surface area contributed by atoms with Gasteiger partial charge >= 0.3 is 6.36 Å². The molecule has 0 atom stereocenters. The number of amides is 1. The Morgan fingerprint density at radius 2 is 1.85 bits per heavy atom. The van der Waals surface area contributed by atoms with E-state index >= 15 is 0 Å². The highest BCUT2D eigenvalue weighted by Gasteiger charge is 2.32. The van der Waals surface area contributed by atoms with E-state index in [9.17, 15) is 22.4 Å². The van der Waals surface area contributed by atoms with Crippen LogP contribution in [0, 0.1) is 12.7 Å². The quantitative estimate of drug-likeness (QED) is 0.549. The molecule has 0 fully saturated rings. The Hall–Kier alpha value is -2.87. The molecule has 140 valence electrons. The summed E-state index contributed by atoms with van der Waals surface area (Å²) in [6.07, 6.45) is -4.98. The summed E-state index contributed by atoms with van der Waals surface area (Å²) in [5.41, 5.74) is 2.02. The number of alkyl halides is 3. The molecule has 0 aliphatic heterocycles. The van der Waals surface area contributed by atoms with Crippen molar-refractivity contribution in [2.24, 2.45) is 0 Å². The lowest BCUT2D eigenvalue weighted by atomic mass is 10.0. The molecule has 0 spiro atoms. The average Bonchev–Trinajstić information content (AvgIpc) is 3.02. The van der Waals surface area contributed by atoms with Gasteiger partial charge in [0.15, 0.2) is 11.6 Å². The first-order chi connectivity index (χ1) is 12.7. The molecular weight excluding hydrogens is 382 g/mol. The highest BCUT2D eigenvalue weighted by atomic mass is 32.1. The van der Waals surface area contributed by atoms with Crippen LogP contribution in [0.5, 0.6) is 5.75 Å². The average molecular weight is 395 g/mol. The maximum atomic E-state index is 14.0. The number of halogens is 4. The lowest BCUT2D eigenvalue weighted by Crippen LogP contribution is -2.17. The fourth-order valence-electron chi connectivity index (χ4n) is 2.50. The van der Waals surface area contributed by atoms with E-state index in [1.54, 1.807) is 29.6 Å². The van der Waals surface area contributed by atoms with Gasteiger partial charge in [0, 0.05) is 11.3 Å². The van der Waals surface area contributed by atoms with Crippen LogP contribution in [0.15, 0.2) is 53.9 Å². The minimum atomic E-state index is -4.98. The molecule has 1 aromatic heterocycles. The minimum absolute atomic E-state index is 0.306. The van der Waals surface area contributed by atoms with E-state index in [0.717, 1.165) is 17.7 Å². The van der Waals surface area contributed by atoms with Crippen LogP contribution < -0.4 is 10.1 Å². The van der Waals surface area contributed by atoms with Gasteiger partial charge in [0.05, 0.1) is 4.88 Å². The van der Waals surface area contributed by atoms with Crippen LogP contribution in [0.3, 0.4) is 0 Å². The third-order valence-electron chi connectivity index (χ3n) is 3.71. The second-order valence-corrected chi connectivity index (χ2v) is 6.54. The topological polar surface area (TPSA) is 38.3 Å². The molecule has 0 saturated carbocycles. The van der Waals surface area contributed by atoms with E-state index in [0.29, 0.717) is 21.7 Å². The predicted octanol–water partition coefficient (Wildman–Crippen LogP) is 6.01. The highest BCUT2D eigenvalue weighted by Crippen LogP contribution is 2.33. The van der Waals surface area contributed by atoms with E-state index in [2.05, 4.69) is 10.1 Å². The van der Waals surface area contributed by atoms with Crippen molar-refractivity contribution in [2.45, 2.75) is 13.3 Å². The number of para-hydroxylation sites is 1. The number of aryl methyl sites for hydroxylation is 1. The van der Waals surface area contributed by atoms with Gasteiger partial charge in [-0.1, -0.05) is 24.3 Å². The maximum absolute atomic E-state index is 14.0. The normalized spacial score (nSPS) is 11.3. The van der Waals surface area contributed by atoms with Crippen molar-refractivity contribution in [1.82, 2.24) is 0 Å². The number of benzene rings is 2. The van der Waals surface area contributed by atoms with Crippen LogP contribution >= 0.6 is 11.3 Å². The van der Waals surface area contributed by atoms with E-state index in [1.165, 1.54) is 17.4 Å². The van der Waals surface area contributed by atoms with Crippen molar-refractivity contribution in [3.05, 3.63) is 70.2 Å². The van der Waals surface area contributed by atoms with Crippen LogP contribution in [0.4, 0.5) is 23.2 Å². The van der Waals surface area contributed by atoms with E-state index < -0.39 is 17.9 Å². The van der Waals surface area contributed by atoms with Crippen molar-refractivity contribution >= 4 is 22.9 Å². The molecule has 3 nitrogen and oxygen atoms in total. The zero-order valence-electron chi connectivity index (χ0n) is 13.9. The van der Waals surface area contributed by atoms with E-state index in [4.69, 9.17) is 0 Å². The summed E-state index contributed by atoms with van der Waals surface area (Å²) in [5, 5.41) is 4.56. The van der Waals surface area contributed by atoms with Crippen LogP contribution in [0.1, 0.15) is 15.2 Å². The van der Waals surface area contributed by atoms with Crippen molar-refractivity contribution < 1.29 is 27.1 Å². The largest absolute Gasteiger partial charge is 0.573 e. The van der Waals surface area contributed by atoms with Gasteiger partial charge in [-0.2, -0.15) is 0 Å². The smallest absolute Gasteiger partial charge is 0.403 e. The number of rotatable bonds is 4. The standard InChI is InChI=1S/C19H13F4NO2S/c1-11-8-9-27-17(11)18(25)24-15-5-3-2-4-13(15)12-6-7-16(14(20)10-12)26-19(21,22)23/h2-10H,1H3,(H,24,25). The summed E-state index contributed by atoms with van der Waals surface area (Å²) in [6.45, 7) is 1.81. The first-order valence-corrected chi connectivity index (χ1v) is 8.63. The number of thiophene rings is 1. The summed E-state index contributed by atoms with van der Waals surface area (Å²) in [5.74, 6) is -2.38. The summed E-state index contributed by atoms with van der Waals surface area (Å²) in [6, 6.07) is 11.6. The van der Waals surface area contributed by atoms with Gasteiger partial charge in [-0.25, -0.2) is 4.39 Å². The Kier molecular flexibility index (Phi) is 5.18. The van der Waals surface area contributed by atoms with Crippen LogP contribution in [-0.4, -0.2) is 12.3 Å². The summed E-state index contributed by atoms with van der Waals surface area (Å²) in [4.78, 5) is 13.0. The van der Waals surface area contributed by atoms with Crippen LogP contribution in [0.25, 0.3) is 11.1 Å². The number of nitrogens with one attached hydrogen (secondary N) is 1. The lowest BCUT2D eigenvalue weighted by Gasteiger charge is -2.13. The molecule has 1 heterocycles. The predicted molar refractivity (Wildman–Crippen MR) is 95.5 cm³/mol. The monoisotopic (exact) mass is 395 g/mol. The molecule has 0 radical (unpaired) electrons. The lowest BCUT2D eigenvalue weighted by molar-refractivity contribution is -0.275. The SMILES string of the molecule is Cc1ccsc1C(=O)Nc1ccccc1-c1ccc(OC(F)(F)F)c(F)c1. The molecule has 0 aliphatic rings. The first-order valence-electron chi connectivity index (χ1n) is 7.75. The van der Waals surface area contributed by atoms with Crippen LogP contribution in [-0.2, 0) is 0 Å². The highest BCUT2D eigenvalue weighted by molar-refractivity contribution is 7.12. The van der Waals surface area contributed by atoms with Crippen molar-refractivity contribution in [3.8, 4) is 16.9 Å².